The third-order valence-electron chi connectivity index (χ3n) is 3.51. The van der Waals surface area contributed by atoms with Crippen molar-refractivity contribution in [1.29, 1.82) is 0 Å². The maximum atomic E-state index is 9.14. The molecule has 6 heteroatoms. The van der Waals surface area contributed by atoms with Gasteiger partial charge in [-0.2, -0.15) is 0 Å². The minimum absolute atomic E-state index is 0.226. The first-order valence-electron chi connectivity index (χ1n) is 7.56. The van der Waals surface area contributed by atoms with Crippen molar-refractivity contribution in [2.45, 2.75) is 19.3 Å². The van der Waals surface area contributed by atoms with E-state index in [0.717, 1.165) is 72.1 Å². The van der Waals surface area contributed by atoms with Gasteiger partial charge in [0.1, 0.15) is 0 Å². The predicted octanol–water partition coefficient (Wildman–Crippen LogP) is 0.234. The molecule has 0 saturated carbocycles. The Morgan fingerprint density at radius 3 is 1.80 bits per heavy atom. The molecule has 1 aliphatic heterocycles. The average molecular weight is 289 g/mol. The van der Waals surface area contributed by atoms with Gasteiger partial charge in [-0.05, 0) is 19.3 Å². The second kappa shape index (κ2) is 11.4. The number of nitrogens with zero attached hydrogens (tertiary/aromatic N) is 3. The number of hydrogen-bond donors (Lipinski definition) is 1. The Labute approximate surface area is 123 Å². The second-order valence-corrected chi connectivity index (χ2v) is 5.38. The number of β-amino-alcohol motifs (C(OH)–C–C–N with tert-alkyl or cyclic N) is 1. The Morgan fingerprint density at radius 2 is 1.25 bits per heavy atom. The van der Waals surface area contributed by atoms with Crippen LogP contribution < -0.4 is 0 Å². The lowest BCUT2D eigenvalue weighted by atomic mass is 10.3. The van der Waals surface area contributed by atoms with Crippen molar-refractivity contribution in [1.82, 2.24) is 14.7 Å². The van der Waals surface area contributed by atoms with Crippen molar-refractivity contribution in [3.63, 3.8) is 0 Å². The van der Waals surface area contributed by atoms with Crippen molar-refractivity contribution >= 4 is 0 Å². The SMILES string of the molecule is COCCCCN1CN(CCO)CN(CCCOC)C1. The zero-order valence-corrected chi connectivity index (χ0v) is 13.1. The first-order chi connectivity index (χ1) is 9.80. The van der Waals surface area contributed by atoms with Crippen molar-refractivity contribution in [3.8, 4) is 0 Å². The largest absolute Gasteiger partial charge is 0.395 e. The summed E-state index contributed by atoms with van der Waals surface area (Å²) in [5.74, 6) is 0. The van der Waals surface area contributed by atoms with Gasteiger partial charge >= 0.3 is 0 Å². The maximum Gasteiger partial charge on any atom is 0.0559 e. The van der Waals surface area contributed by atoms with Gasteiger partial charge in [0.25, 0.3) is 0 Å². The molecule has 0 aromatic heterocycles. The van der Waals surface area contributed by atoms with Crippen molar-refractivity contribution in [2.24, 2.45) is 0 Å². The molecule has 0 aromatic carbocycles. The highest BCUT2D eigenvalue weighted by atomic mass is 16.5. The molecule has 0 unspecified atom stereocenters. The summed E-state index contributed by atoms with van der Waals surface area (Å²) in [4.78, 5) is 7.17. The van der Waals surface area contributed by atoms with Crippen LogP contribution in [0.2, 0.25) is 0 Å². The fourth-order valence-electron chi connectivity index (χ4n) is 2.56. The Morgan fingerprint density at radius 1 is 0.750 bits per heavy atom. The van der Waals surface area contributed by atoms with Gasteiger partial charge < -0.3 is 14.6 Å². The van der Waals surface area contributed by atoms with Gasteiger partial charge in [0.15, 0.2) is 0 Å². The molecule has 0 amide bonds. The molecule has 6 nitrogen and oxygen atoms in total. The number of methoxy groups -OCH3 is 2. The monoisotopic (exact) mass is 289 g/mol. The molecular weight excluding hydrogens is 258 g/mol. The lowest BCUT2D eigenvalue weighted by Crippen LogP contribution is -2.55. The molecule has 0 aliphatic carbocycles. The standard InChI is InChI=1S/C14H31N3O3/c1-19-10-4-3-6-15-12-16(7-5-11-20-2)14-17(13-15)8-9-18/h18H,3-14H2,1-2H3. The van der Waals surface area contributed by atoms with Crippen LogP contribution in [0.3, 0.4) is 0 Å². The van der Waals surface area contributed by atoms with Gasteiger partial charge in [-0.3, -0.25) is 14.7 Å². The maximum absolute atomic E-state index is 9.14. The third kappa shape index (κ3) is 7.52. The van der Waals surface area contributed by atoms with Crippen molar-refractivity contribution in [3.05, 3.63) is 0 Å². The minimum atomic E-state index is 0.226. The molecule has 1 rings (SSSR count). The summed E-state index contributed by atoms with van der Waals surface area (Å²) < 4.78 is 10.2. The van der Waals surface area contributed by atoms with E-state index >= 15 is 0 Å². The molecule has 0 aromatic rings. The first-order valence-corrected chi connectivity index (χ1v) is 7.56. The molecule has 0 atom stereocenters. The first kappa shape index (κ1) is 17.8. The molecule has 20 heavy (non-hydrogen) atoms. The summed E-state index contributed by atoms with van der Waals surface area (Å²) in [6, 6.07) is 0. The van der Waals surface area contributed by atoms with E-state index in [1.807, 2.05) is 0 Å². The molecule has 1 saturated heterocycles. The van der Waals surface area contributed by atoms with Gasteiger partial charge in [0.05, 0.1) is 26.6 Å². The van der Waals surface area contributed by atoms with E-state index < -0.39 is 0 Å². The van der Waals surface area contributed by atoms with Crippen LogP contribution in [0.4, 0.5) is 0 Å². The number of rotatable bonds is 11. The molecule has 0 spiro atoms. The molecule has 0 bridgehead atoms. The fraction of sp³-hybridized carbons (Fsp3) is 1.00. The van der Waals surface area contributed by atoms with Crippen LogP contribution in [-0.4, -0.2) is 93.5 Å². The Hall–Kier alpha value is -0.240. The number of aliphatic hydroxyl groups excluding tert-OH is 1. The fourth-order valence-corrected chi connectivity index (χ4v) is 2.56. The zero-order valence-electron chi connectivity index (χ0n) is 13.1. The van der Waals surface area contributed by atoms with Crippen LogP contribution in [0.25, 0.3) is 0 Å². The average Bonchev–Trinajstić information content (AvgIpc) is 2.44. The van der Waals surface area contributed by atoms with Gasteiger partial charge in [-0.1, -0.05) is 0 Å². The third-order valence-corrected chi connectivity index (χ3v) is 3.51. The Balaban J connectivity index is 2.31. The molecule has 120 valence electrons. The van der Waals surface area contributed by atoms with E-state index in [4.69, 9.17) is 14.6 Å². The van der Waals surface area contributed by atoms with Crippen LogP contribution in [0, 0.1) is 0 Å². The van der Waals surface area contributed by atoms with Crippen LogP contribution in [0.5, 0.6) is 0 Å². The summed E-state index contributed by atoms with van der Waals surface area (Å²) >= 11 is 0. The molecule has 1 fully saturated rings. The van der Waals surface area contributed by atoms with Gasteiger partial charge in [0, 0.05) is 47.1 Å². The molecule has 1 N–H and O–H groups in total. The Kier molecular flexibility index (Phi) is 10.2. The molecular formula is C14H31N3O3. The number of ether oxygens (including phenoxy) is 2. The highest BCUT2D eigenvalue weighted by Crippen LogP contribution is 2.09. The highest BCUT2D eigenvalue weighted by Gasteiger charge is 2.22. The van der Waals surface area contributed by atoms with Gasteiger partial charge in [0.2, 0.25) is 0 Å². The van der Waals surface area contributed by atoms with Crippen molar-refractivity contribution in [2.75, 3.05) is 73.7 Å². The van der Waals surface area contributed by atoms with E-state index in [1.165, 1.54) is 0 Å². The van der Waals surface area contributed by atoms with E-state index in [-0.39, 0.29) is 6.61 Å². The number of unbranched alkanes of at least 4 members (excludes halogenated alkanes) is 1. The summed E-state index contributed by atoms with van der Waals surface area (Å²) in [7, 11) is 3.50. The van der Waals surface area contributed by atoms with Crippen LogP contribution >= 0.6 is 0 Å². The normalized spacial score (nSPS) is 18.8. The summed E-state index contributed by atoms with van der Waals surface area (Å²) in [5.41, 5.74) is 0. The quantitative estimate of drug-likeness (QED) is 0.550. The number of aliphatic hydroxyl groups is 1. The zero-order chi connectivity index (χ0) is 14.6. The molecule has 1 heterocycles. The van der Waals surface area contributed by atoms with Gasteiger partial charge in [-0.25, -0.2) is 0 Å². The lowest BCUT2D eigenvalue weighted by Gasteiger charge is -2.42. The topological polar surface area (TPSA) is 48.4 Å². The molecule has 1 aliphatic rings. The smallest absolute Gasteiger partial charge is 0.0559 e. The van der Waals surface area contributed by atoms with Crippen LogP contribution in [0.1, 0.15) is 19.3 Å². The van der Waals surface area contributed by atoms with Crippen molar-refractivity contribution < 1.29 is 14.6 Å². The van der Waals surface area contributed by atoms with E-state index in [2.05, 4.69) is 14.7 Å². The van der Waals surface area contributed by atoms with Crippen LogP contribution in [0.15, 0.2) is 0 Å². The van der Waals surface area contributed by atoms with Gasteiger partial charge in [-0.15, -0.1) is 0 Å². The second-order valence-electron chi connectivity index (χ2n) is 5.38. The summed E-state index contributed by atoms with van der Waals surface area (Å²) in [6.07, 6.45) is 3.32. The predicted molar refractivity (Wildman–Crippen MR) is 79.4 cm³/mol. The van der Waals surface area contributed by atoms with Crippen LogP contribution in [-0.2, 0) is 9.47 Å². The minimum Gasteiger partial charge on any atom is -0.395 e. The number of hydrogen-bond acceptors (Lipinski definition) is 6. The van der Waals surface area contributed by atoms with E-state index in [0.29, 0.717) is 0 Å². The van der Waals surface area contributed by atoms with E-state index in [9.17, 15) is 0 Å². The lowest BCUT2D eigenvalue weighted by molar-refractivity contribution is -0.0381. The summed E-state index contributed by atoms with van der Waals surface area (Å²) in [5, 5.41) is 9.14. The van der Waals surface area contributed by atoms with E-state index in [1.54, 1.807) is 14.2 Å². The highest BCUT2D eigenvalue weighted by molar-refractivity contribution is 4.69. The molecule has 0 radical (unpaired) electrons. The Bertz CT molecular complexity index is 232. The summed E-state index contributed by atoms with van der Waals surface area (Å²) in [6.45, 7) is 7.66.